The Morgan fingerprint density at radius 3 is 2.75 bits per heavy atom. The standard InChI is InChI=1S/C15H15FN2OS/c1-18(9-10-5-7-11(16)8-6-10)15-17-14-12(19)3-2-4-13(14)20-15/h5-8H,2-4,9H2,1H3. The minimum atomic E-state index is -0.230. The van der Waals surface area contributed by atoms with Crippen molar-refractivity contribution in [1.29, 1.82) is 0 Å². The molecule has 104 valence electrons. The van der Waals surface area contributed by atoms with Crippen molar-refractivity contribution in [3.05, 3.63) is 46.2 Å². The molecule has 3 rings (SSSR count). The Hall–Kier alpha value is -1.75. The lowest BCUT2D eigenvalue weighted by Gasteiger charge is -2.15. The van der Waals surface area contributed by atoms with Crippen LogP contribution in [-0.4, -0.2) is 17.8 Å². The number of hydrogen-bond donors (Lipinski definition) is 0. The molecule has 0 atom stereocenters. The topological polar surface area (TPSA) is 33.2 Å². The molecule has 1 aromatic heterocycles. The van der Waals surface area contributed by atoms with Gasteiger partial charge in [0.1, 0.15) is 11.5 Å². The van der Waals surface area contributed by atoms with Crippen LogP contribution in [0, 0.1) is 5.82 Å². The van der Waals surface area contributed by atoms with Crippen molar-refractivity contribution in [2.24, 2.45) is 0 Å². The summed E-state index contributed by atoms with van der Waals surface area (Å²) in [6.07, 6.45) is 2.48. The fourth-order valence-corrected chi connectivity index (χ4v) is 3.43. The van der Waals surface area contributed by atoms with Gasteiger partial charge >= 0.3 is 0 Å². The molecule has 3 nitrogen and oxygen atoms in total. The van der Waals surface area contributed by atoms with Crippen LogP contribution in [0.1, 0.15) is 33.8 Å². The van der Waals surface area contributed by atoms with Gasteiger partial charge in [-0.3, -0.25) is 4.79 Å². The average molecular weight is 290 g/mol. The molecular formula is C15H15FN2OS. The van der Waals surface area contributed by atoms with Crippen molar-refractivity contribution in [2.45, 2.75) is 25.8 Å². The number of nitrogens with zero attached hydrogens (tertiary/aromatic N) is 2. The van der Waals surface area contributed by atoms with Crippen molar-refractivity contribution >= 4 is 22.3 Å². The molecule has 5 heteroatoms. The van der Waals surface area contributed by atoms with Crippen molar-refractivity contribution in [3.8, 4) is 0 Å². The van der Waals surface area contributed by atoms with Gasteiger partial charge in [-0.1, -0.05) is 12.1 Å². The number of thiazole rings is 1. The van der Waals surface area contributed by atoms with Gasteiger partial charge in [-0.25, -0.2) is 9.37 Å². The Morgan fingerprint density at radius 1 is 1.30 bits per heavy atom. The van der Waals surface area contributed by atoms with Crippen LogP contribution >= 0.6 is 11.3 Å². The maximum absolute atomic E-state index is 12.9. The zero-order valence-electron chi connectivity index (χ0n) is 11.2. The van der Waals surface area contributed by atoms with Gasteiger partial charge in [-0.2, -0.15) is 0 Å². The predicted octanol–water partition coefficient (Wildman–Crippen LogP) is 3.44. The van der Waals surface area contributed by atoms with Crippen LogP contribution in [0.4, 0.5) is 9.52 Å². The lowest BCUT2D eigenvalue weighted by atomic mass is 10.0. The molecule has 0 fully saturated rings. The summed E-state index contributed by atoms with van der Waals surface area (Å²) >= 11 is 1.59. The highest BCUT2D eigenvalue weighted by atomic mass is 32.1. The monoisotopic (exact) mass is 290 g/mol. The van der Waals surface area contributed by atoms with Crippen LogP contribution in [0.3, 0.4) is 0 Å². The molecule has 1 heterocycles. The molecule has 0 spiro atoms. The van der Waals surface area contributed by atoms with Crippen LogP contribution in [0.5, 0.6) is 0 Å². The number of anilines is 1. The molecule has 0 N–H and O–H groups in total. The van der Waals surface area contributed by atoms with Gasteiger partial charge in [0.15, 0.2) is 10.9 Å². The number of ketones is 1. The molecule has 0 amide bonds. The number of aryl methyl sites for hydroxylation is 1. The van der Waals surface area contributed by atoms with Crippen molar-refractivity contribution in [2.75, 3.05) is 11.9 Å². The zero-order chi connectivity index (χ0) is 14.1. The minimum Gasteiger partial charge on any atom is -0.347 e. The van der Waals surface area contributed by atoms with E-state index in [1.807, 2.05) is 11.9 Å². The molecule has 0 saturated heterocycles. The lowest BCUT2D eigenvalue weighted by molar-refractivity contribution is 0.0968. The summed E-state index contributed by atoms with van der Waals surface area (Å²) in [5, 5.41) is 0.856. The Bertz CT molecular complexity index is 636. The number of hydrogen-bond acceptors (Lipinski definition) is 4. The van der Waals surface area contributed by atoms with E-state index in [4.69, 9.17) is 0 Å². The summed E-state index contributed by atoms with van der Waals surface area (Å²) in [4.78, 5) is 19.4. The van der Waals surface area contributed by atoms with Crippen LogP contribution in [0.15, 0.2) is 24.3 Å². The van der Waals surface area contributed by atoms with E-state index < -0.39 is 0 Å². The second-order valence-electron chi connectivity index (χ2n) is 5.03. The van der Waals surface area contributed by atoms with Gasteiger partial charge in [0.2, 0.25) is 0 Å². The predicted molar refractivity (Wildman–Crippen MR) is 77.9 cm³/mol. The summed E-state index contributed by atoms with van der Waals surface area (Å²) in [6, 6.07) is 6.45. The van der Waals surface area contributed by atoms with Gasteiger partial charge in [0, 0.05) is 24.9 Å². The Morgan fingerprint density at radius 2 is 2.05 bits per heavy atom. The summed E-state index contributed by atoms with van der Waals surface area (Å²) in [5.74, 6) is -0.0735. The number of Topliss-reactive ketones (excluding diaryl/α,β-unsaturated/α-hetero) is 1. The molecule has 1 aromatic carbocycles. The number of fused-ring (bicyclic) bond motifs is 1. The normalized spacial score (nSPS) is 14.2. The number of rotatable bonds is 3. The SMILES string of the molecule is CN(Cc1ccc(F)cc1)c1nc2c(s1)CCCC2=O. The average Bonchev–Trinajstić information content (AvgIpc) is 2.87. The molecule has 1 aliphatic carbocycles. The van der Waals surface area contributed by atoms with Crippen LogP contribution in [-0.2, 0) is 13.0 Å². The summed E-state index contributed by atoms with van der Waals surface area (Å²) in [5.41, 5.74) is 1.68. The molecule has 20 heavy (non-hydrogen) atoms. The Kier molecular flexibility index (Phi) is 3.53. The molecular weight excluding hydrogens is 275 g/mol. The van der Waals surface area contributed by atoms with E-state index in [9.17, 15) is 9.18 Å². The van der Waals surface area contributed by atoms with E-state index >= 15 is 0 Å². The molecule has 0 radical (unpaired) electrons. The van der Waals surface area contributed by atoms with E-state index in [0.717, 1.165) is 28.4 Å². The van der Waals surface area contributed by atoms with Gasteiger partial charge in [0.25, 0.3) is 0 Å². The van der Waals surface area contributed by atoms with E-state index in [1.54, 1.807) is 23.5 Å². The minimum absolute atomic E-state index is 0.156. The lowest BCUT2D eigenvalue weighted by Crippen LogP contribution is -2.16. The largest absolute Gasteiger partial charge is 0.347 e. The van der Waals surface area contributed by atoms with Crippen molar-refractivity contribution in [1.82, 2.24) is 4.98 Å². The molecule has 0 unspecified atom stereocenters. The fraction of sp³-hybridized carbons (Fsp3) is 0.333. The summed E-state index contributed by atoms with van der Waals surface area (Å²) in [7, 11) is 1.94. The fourth-order valence-electron chi connectivity index (χ4n) is 2.35. The first-order valence-electron chi connectivity index (χ1n) is 6.62. The number of carbonyl (C=O) groups excluding carboxylic acids is 1. The smallest absolute Gasteiger partial charge is 0.186 e. The number of aromatic nitrogens is 1. The third kappa shape index (κ3) is 2.58. The van der Waals surface area contributed by atoms with E-state index in [-0.39, 0.29) is 11.6 Å². The van der Waals surface area contributed by atoms with E-state index in [1.165, 1.54) is 12.1 Å². The second-order valence-corrected chi connectivity index (χ2v) is 6.09. The Balaban J connectivity index is 1.79. The van der Waals surface area contributed by atoms with Gasteiger partial charge in [-0.15, -0.1) is 11.3 Å². The highest BCUT2D eigenvalue weighted by molar-refractivity contribution is 7.15. The van der Waals surface area contributed by atoms with Gasteiger partial charge < -0.3 is 4.90 Å². The first-order chi connectivity index (χ1) is 9.63. The first kappa shape index (κ1) is 13.2. The van der Waals surface area contributed by atoms with Gasteiger partial charge in [0.05, 0.1) is 0 Å². The molecule has 1 aliphatic rings. The summed E-state index contributed by atoms with van der Waals surface area (Å²) < 4.78 is 12.9. The van der Waals surface area contributed by atoms with Crippen molar-refractivity contribution < 1.29 is 9.18 Å². The quantitative estimate of drug-likeness (QED) is 0.868. The number of carbonyl (C=O) groups is 1. The molecule has 2 aromatic rings. The number of benzene rings is 1. The highest BCUT2D eigenvalue weighted by Crippen LogP contribution is 2.31. The molecule has 0 aliphatic heterocycles. The van der Waals surface area contributed by atoms with Crippen LogP contribution < -0.4 is 4.90 Å². The molecule has 0 saturated carbocycles. The highest BCUT2D eigenvalue weighted by Gasteiger charge is 2.23. The maximum Gasteiger partial charge on any atom is 0.186 e. The van der Waals surface area contributed by atoms with Crippen molar-refractivity contribution in [3.63, 3.8) is 0 Å². The first-order valence-corrected chi connectivity index (χ1v) is 7.43. The van der Waals surface area contributed by atoms with E-state index in [2.05, 4.69) is 4.98 Å². The third-order valence-electron chi connectivity index (χ3n) is 3.42. The third-order valence-corrected chi connectivity index (χ3v) is 4.65. The number of halogens is 1. The zero-order valence-corrected chi connectivity index (χ0v) is 12.0. The Labute approximate surface area is 121 Å². The van der Waals surface area contributed by atoms with Crippen LogP contribution in [0.2, 0.25) is 0 Å². The second kappa shape index (κ2) is 5.32. The maximum atomic E-state index is 12.9. The summed E-state index contributed by atoms with van der Waals surface area (Å²) in [6.45, 7) is 0.654. The van der Waals surface area contributed by atoms with Crippen LogP contribution in [0.25, 0.3) is 0 Å². The van der Waals surface area contributed by atoms with Gasteiger partial charge in [-0.05, 0) is 30.5 Å². The molecule has 0 bridgehead atoms. The van der Waals surface area contributed by atoms with E-state index in [0.29, 0.717) is 18.7 Å².